The summed E-state index contributed by atoms with van der Waals surface area (Å²) >= 11 is 0. The Hall–Kier alpha value is -3.15. The molecule has 0 atom stereocenters. The molecule has 0 aliphatic rings. The number of anilines is 3. The highest BCUT2D eigenvalue weighted by Crippen LogP contribution is 2.24. The van der Waals surface area contributed by atoms with Gasteiger partial charge in [0.1, 0.15) is 0 Å². The molecule has 0 aliphatic heterocycles. The van der Waals surface area contributed by atoms with Gasteiger partial charge in [-0.2, -0.15) is 4.98 Å². The number of hydrogen-bond donors (Lipinski definition) is 3. The van der Waals surface area contributed by atoms with Crippen LogP contribution in [-0.2, 0) is 0 Å². The van der Waals surface area contributed by atoms with E-state index < -0.39 is 0 Å². The number of benzene rings is 1. The summed E-state index contributed by atoms with van der Waals surface area (Å²) in [6, 6.07) is 12.0. The summed E-state index contributed by atoms with van der Waals surface area (Å²) in [6.45, 7) is 1.97. The Labute approximate surface area is 134 Å². The number of aromatic nitrogens is 3. The number of rotatable bonds is 4. The normalized spacial score (nSPS) is 10.3. The number of nitrogens with zero attached hydrogens (tertiary/aromatic N) is 3. The van der Waals surface area contributed by atoms with E-state index in [1.165, 1.54) is 6.20 Å². The van der Waals surface area contributed by atoms with Gasteiger partial charge in [-0.3, -0.25) is 4.98 Å². The molecule has 1 aromatic carbocycles. The van der Waals surface area contributed by atoms with Gasteiger partial charge in [0.2, 0.25) is 5.95 Å². The van der Waals surface area contributed by atoms with Gasteiger partial charge in [-0.25, -0.2) is 4.98 Å². The third-order valence-corrected chi connectivity index (χ3v) is 3.38. The minimum absolute atomic E-state index is 0.0152. The molecule has 0 spiro atoms. The highest BCUT2D eigenvalue weighted by molar-refractivity contribution is 5.67. The van der Waals surface area contributed by atoms with Crippen LogP contribution < -0.4 is 10.6 Å². The Kier molecular flexibility index (Phi) is 4.05. The smallest absolute Gasteiger partial charge is 0.229 e. The molecule has 23 heavy (non-hydrogen) atoms. The number of pyridine rings is 1. The van der Waals surface area contributed by atoms with Crippen molar-refractivity contribution in [3.8, 4) is 16.9 Å². The molecule has 116 valence electrons. The average Bonchev–Trinajstić information content (AvgIpc) is 2.57. The van der Waals surface area contributed by atoms with Crippen molar-refractivity contribution >= 4 is 17.5 Å². The van der Waals surface area contributed by atoms with Crippen molar-refractivity contribution in [3.63, 3.8) is 0 Å². The highest BCUT2D eigenvalue weighted by Gasteiger charge is 2.05. The van der Waals surface area contributed by atoms with Gasteiger partial charge in [-0.05, 0) is 42.3 Å². The zero-order valence-electron chi connectivity index (χ0n) is 12.9. The summed E-state index contributed by atoms with van der Waals surface area (Å²) in [5.74, 6) is 0.812. The van der Waals surface area contributed by atoms with Crippen molar-refractivity contribution in [1.82, 2.24) is 15.0 Å². The largest absolute Gasteiger partial charge is 0.503 e. The first-order valence-corrected chi connectivity index (χ1v) is 7.19. The van der Waals surface area contributed by atoms with E-state index in [-0.39, 0.29) is 5.75 Å². The molecule has 3 N–H and O–H groups in total. The fourth-order valence-electron chi connectivity index (χ4n) is 2.22. The second-order valence-electron chi connectivity index (χ2n) is 5.07. The Morgan fingerprint density at radius 1 is 1.00 bits per heavy atom. The maximum atomic E-state index is 9.57. The van der Waals surface area contributed by atoms with Crippen molar-refractivity contribution in [2.45, 2.75) is 6.92 Å². The van der Waals surface area contributed by atoms with Crippen molar-refractivity contribution in [3.05, 3.63) is 54.5 Å². The predicted octanol–water partition coefficient (Wildman–Crippen LogP) is 3.34. The molecule has 6 heteroatoms. The number of hydrogen-bond acceptors (Lipinski definition) is 6. The van der Waals surface area contributed by atoms with Crippen LogP contribution in [0.15, 0.2) is 48.8 Å². The number of nitrogens with one attached hydrogen (secondary N) is 2. The third kappa shape index (κ3) is 3.37. The topological polar surface area (TPSA) is 83.0 Å². The molecule has 0 saturated heterocycles. The first kappa shape index (κ1) is 14.8. The van der Waals surface area contributed by atoms with E-state index in [1.807, 2.05) is 43.3 Å². The van der Waals surface area contributed by atoms with Crippen LogP contribution in [0.4, 0.5) is 17.5 Å². The zero-order valence-corrected chi connectivity index (χ0v) is 12.9. The summed E-state index contributed by atoms with van der Waals surface area (Å²) < 4.78 is 0. The van der Waals surface area contributed by atoms with Gasteiger partial charge in [0.25, 0.3) is 0 Å². The van der Waals surface area contributed by atoms with Crippen LogP contribution in [0, 0.1) is 6.92 Å². The van der Waals surface area contributed by atoms with Crippen LogP contribution in [0.1, 0.15) is 5.69 Å². The second-order valence-corrected chi connectivity index (χ2v) is 5.07. The molecular weight excluding hydrogens is 290 g/mol. The van der Waals surface area contributed by atoms with Crippen LogP contribution in [0.3, 0.4) is 0 Å². The van der Waals surface area contributed by atoms with Gasteiger partial charge in [0, 0.05) is 24.6 Å². The molecular formula is C17H17N5O. The van der Waals surface area contributed by atoms with Crippen molar-refractivity contribution < 1.29 is 5.11 Å². The number of aromatic hydroxyl groups is 1. The summed E-state index contributed by atoms with van der Waals surface area (Å²) in [5, 5.41) is 15.5. The lowest BCUT2D eigenvalue weighted by Crippen LogP contribution is -2.00. The summed E-state index contributed by atoms with van der Waals surface area (Å²) in [6.07, 6.45) is 3.16. The van der Waals surface area contributed by atoms with E-state index in [4.69, 9.17) is 0 Å². The van der Waals surface area contributed by atoms with Gasteiger partial charge in [-0.1, -0.05) is 12.1 Å². The molecule has 0 amide bonds. The Morgan fingerprint density at radius 3 is 2.48 bits per heavy atom. The Morgan fingerprint density at radius 2 is 1.78 bits per heavy atom. The van der Waals surface area contributed by atoms with Gasteiger partial charge in [0.15, 0.2) is 11.6 Å². The first-order valence-electron chi connectivity index (χ1n) is 7.19. The molecule has 2 heterocycles. The molecule has 0 saturated carbocycles. The minimum atomic E-state index is 0.0152. The summed E-state index contributed by atoms with van der Waals surface area (Å²) in [5.41, 5.74) is 4.10. The van der Waals surface area contributed by atoms with Crippen LogP contribution in [-0.4, -0.2) is 27.1 Å². The van der Waals surface area contributed by atoms with E-state index in [0.29, 0.717) is 11.8 Å². The van der Waals surface area contributed by atoms with Crippen LogP contribution in [0.2, 0.25) is 0 Å². The monoisotopic (exact) mass is 307 g/mol. The van der Waals surface area contributed by atoms with Gasteiger partial charge >= 0.3 is 0 Å². The highest BCUT2D eigenvalue weighted by atomic mass is 16.3. The molecule has 0 fully saturated rings. The lowest BCUT2D eigenvalue weighted by Gasteiger charge is -2.08. The number of aryl methyl sites for hydroxylation is 1. The van der Waals surface area contributed by atoms with Crippen molar-refractivity contribution in [2.75, 3.05) is 17.7 Å². The van der Waals surface area contributed by atoms with Gasteiger partial charge in [-0.15, -0.1) is 0 Å². The van der Waals surface area contributed by atoms with E-state index in [9.17, 15) is 5.11 Å². The average molecular weight is 307 g/mol. The predicted molar refractivity (Wildman–Crippen MR) is 90.9 cm³/mol. The first-order chi connectivity index (χ1) is 11.2. The maximum Gasteiger partial charge on any atom is 0.229 e. The standard InChI is InChI=1S/C17H17N5O/c1-11-9-13(7-8-19-11)12-3-5-14(6-4-12)21-17-20-10-15(23)16(18-2)22-17/h3-10,23H,1-2H3,(H2,18,20,21,22). The maximum absolute atomic E-state index is 9.57. The van der Waals surface area contributed by atoms with Crippen LogP contribution in [0.5, 0.6) is 5.75 Å². The van der Waals surface area contributed by atoms with E-state index >= 15 is 0 Å². The molecule has 0 radical (unpaired) electrons. The second kappa shape index (κ2) is 6.31. The van der Waals surface area contributed by atoms with Crippen LogP contribution in [0.25, 0.3) is 11.1 Å². The minimum Gasteiger partial charge on any atom is -0.503 e. The molecule has 3 rings (SSSR count). The fraction of sp³-hybridized carbons (Fsp3) is 0.118. The SMILES string of the molecule is CNc1nc(Nc2ccc(-c3ccnc(C)c3)cc2)ncc1O. The van der Waals surface area contributed by atoms with Crippen molar-refractivity contribution in [1.29, 1.82) is 0 Å². The van der Waals surface area contributed by atoms with Gasteiger partial charge < -0.3 is 15.7 Å². The van der Waals surface area contributed by atoms with Gasteiger partial charge in [0.05, 0.1) is 6.20 Å². The zero-order chi connectivity index (χ0) is 16.2. The molecule has 2 aromatic heterocycles. The van der Waals surface area contributed by atoms with E-state index in [1.54, 1.807) is 13.2 Å². The molecule has 0 bridgehead atoms. The fourth-order valence-corrected chi connectivity index (χ4v) is 2.22. The Balaban J connectivity index is 1.80. The van der Waals surface area contributed by atoms with Crippen molar-refractivity contribution in [2.24, 2.45) is 0 Å². The van der Waals surface area contributed by atoms with Crippen LogP contribution >= 0.6 is 0 Å². The lowest BCUT2D eigenvalue weighted by molar-refractivity contribution is 0.472. The molecule has 0 unspecified atom stereocenters. The molecule has 0 aliphatic carbocycles. The Bertz CT molecular complexity index is 817. The lowest BCUT2D eigenvalue weighted by atomic mass is 10.1. The van der Waals surface area contributed by atoms with E-state index in [0.717, 1.165) is 22.5 Å². The van der Waals surface area contributed by atoms with E-state index in [2.05, 4.69) is 25.6 Å². The summed E-state index contributed by atoms with van der Waals surface area (Å²) in [4.78, 5) is 12.4. The third-order valence-electron chi connectivity index (χ3n) is 3.38. The quantitative estimate of drug-likeness (QED) is 0.685. The summed E-state index contributed by atoms with van der Waals surface area (Å²) in [7, 11) is 1.69. The molecule has 6 nitrogen and oxygen atoms in total. The molecule has 3 aromatic rings.